The molecule has 1 aromatic carbocycles. The van der Waals surface area contributed by atoms with Gasteiger partial charge in [-0.3, -0.25) is 14.9 Å². The second kappa shape index (κ2) is 6.87. The molecule has 0 saturated heterocycles. The van der Waals surface area contributed by atoms with E-state index in [1.807, 2.05) is 32.8 Å². The lowest BCUT2D eigenvalue weighted by molar-refractivity contribution is -0.385. The lowest BCUT2D eigenvalue weighted by atomic mass is 9.93. The van der Waals surface area contributed by atoms with Crippen LogP contribution in [0.2, 0.25) is 5.02 Å². The fraction of sp³-hybridized carbons (Fsp3) is 0.500. The highest BCUT2D eigenvalue weighted by Crippen LogP contribution is 2.23. The molecule has 0 aromatic heterocycles. The Morgan fingerprint density at radius 1 is 1.43 bits per heavy atom. The van der Waals surface area contributed by atoms with Gasteiger partial charge in [0.15, 0.2) is 0 Å². The third-order valence-electron chi connectivity index (χ3n) is 2.87. The topological polar surface area (TPSA) is 75.5 Å². The van der Waals surface area contributed by atoms with Gasteiger partial charge in [-0.2, -0.15) is 0 Å². The Labute approximate surface area is 129 Å². The van der Waals surface area contributed by atoms with Crippen LogP contribution in [-0.4, -0.2) is 42.9 Å². The average molecular weight is 314 g/mol. The Morgan fingerprint density at radius 3 is 2.57 bits per heavy atom. The molecule has 0 aliphatic rings. The Kier molecular flexibility index (Phi) is 5.69. The van der Waals surface area contributed by atoms with Crippen molar-refractivity contribution in [3.8, 4) is 0 Å². The van der Waals surface area contributed by atoms with E-state index in [0.29, 0.717) is 11.6 Å². The summed E-state index contributed by atoms with van der Waals surface area (Å²) in [6.07, 6.45) is 0. The zero-order chi connectivity index (χ0) is 16.2. The first kappa shape index (κ1) is 17.4. The minimum absolute atomic E-state index is 0.0202. The molecular formula is C14H20ClN3O3. The summed E-state index contributed by atoms with van der Waals surface area (Å²) in [5.74, 6) is -0.490. The van der Waals surface area contributed by atoms with Crippen molar-refractivity contribution in [3.05, 3.63) is 38.9 Å². The number of amides is 1. The first-order chi connectivity index (χ1) is 9.62. The van der Waals surface area contributed by atoms with Gasteiger partial charge in [-0.05, 0) is 31.6 Å². The molecule has 0 aliphatic carbocycles. The SMILES string of the molecule is CN(C)CC(C)(C)CNC(=O)c1cc(Cl)ccc1[N+](=O)[O-]. The summed E-state index contributed by atoms with van der Waals surface area (Å²) in [5.41, 5.74) is -0.414. The molecule has 0 aliphatic heterocycles. The van der Waals surface area contributed by atoms with E-state index in [2.05, 4.69) is 5.32 Å². The molecule has 0 radical (unpaired) electrons. The maximum absolute atomic E-state index is 12.2. The zero-order valence-electron chi connectivity index (χ0n) is 12.6. The van der Waals surface area contributed by atoms with E-state index in [1.165, 1.54) is 18.2 Å². The Morgan fingerprint density at radius 2 is 2.05 bits per heavy atom. The summed E-state index contributed by atoms with van der Waals surface area (Å²) in [4.78, 5) is 24.6. The lowest BCUT2D eigenvalue weighted by Gasteiger charge is -2.28. The van der Waals surface area contributed by atoms with Crippen LogP contribution in [0.5, 0.6) is 0 Å². The molecule has 6 nitrogen and oxygen atoms in total. The number of nitrogens with zero attached hydrogens (tertiary/aromatic N) is 2. The van der Waals surface area contributed by atoms with Gasteiger partial charge in [0.1, 0.15) is 5.56 Å². The van der Waals surface area contributed by atoms with Gasteiger partial charge in [0.25, 0.3) is 11.6 Å². The summed E-state index contributed by atoms with van der Waals surface area (Å²) >= 11 is 5.82. The number of hydrogen-bond acceptors (Lipinski definition) is 4. The maximum Gasteiger partial charge on any atom is 0.282 e. The summed E-state index contributed by atoms with van der Waals surface area (Å²) < 4.78 is 0. The number of nitro groups is 1. The lowest BCUT2D eigenvalue weighted by Crippen LogP contribution is -2.40. The van der Waals surface area contributed by atoms with Crippen LogP contribution in [0.4, 0.5) is 5.69 Å². The van der Waals surface area contributed by atoms with E-state index in [1.54, 1.807) is 0 Å². The molecule has 0 unspecified atom stereocenters. The first-order valence-electron chi connectivity index (χ1n) is 6.49. The van der Waals surface area contributed by atoms with Crippen molar-refractivity contribution in [1.29, 1.82) is 0 Å². The molecule has 1 aromatic rings. The van der Waals surface area contributed by atoms with E-state index in [4.69, 9.17) is 11.6 Å². The molecule has 21 heavy (non-hydrogen) atoms. The van der Waals surface area contributed by atoms with Gasteiger partial charge < -0.3 is 10.2 Å². The molecule has 0 atom stereocenters. The minimum Gasteiger partial charge on any atom is -0.351 e. The number of carbonyl (C=O) groups excluding carboxylic acids is 1. The zero-order valence-corrected chi connectivity index (χ0v) is 13.4. The molecule has 0 bridgehead atoms. The van der Waals surface area contributed by atoms with Gasteiger partial charge >= 0.3 is 0 Å². The highest BCUT2D eigenvalue weighted by Gasteiger charge is 2.24. The van der Waals surface area contributed by atoms with Crippen molar-refractivity contribution >= 4 is 23.2 Å². The van der Waals surface area contributed by atoms with Crippen LogP contribution < -0.4 is 5.32 Å². The quantitative estimate of drug-likeness (QED) is 0.647. The number of rotatable bonds is 6. The standard InChI is InChI=1S/C14H20ClN3O3/c1-14(2,9-17(3)4)8-16-13(19)11-7-10(15)5-6-12(11)18(20)21/h5-7H,8-9H2,1-4H3,(H,16,19). The third-order valence-corrected chi connectivity index (χ3v) is 3.11. The van der Waals surface area contributed by atoms with Crippen LogP contribution in [0.1, 0.15) is 24.2 Å². The molecular weight excluding hydrogens is 294 g/mol. The van der Waals surface area contributed by atoms with Crippen LogP contribution in [0.3, 0.4) is 0 Å². The van der Waals surface area contributed by atoms with E-state index >= 15 is 0 Å². The molecule has 116 valence electrons. The average Bonchev–Trinajstić information content (AvgIpc) is 2.34. The fourth-order valence-corrected chi connectivity index (χ4v) is 2.35. The van der Waals surface area contributed by atoms with E-state index in [0.717, 1.165) is 6.54 Å². The summed E-state index contributed by atoms with van der Waals surface area (Å²) in [5, 5.41) is 14.0. The largest absolute Gasteiger partial charge is 0.351 e. The smallest absolute Gasteiger partial charge is 0.282 e. The van der Waals surface area contributed by atoms with Crippen LogP contribution in [-0.2, 0) is 0 Å². The summed E-state index contributed by atoms with van der Waals surface area (Å²) in [6.45, 7) is 5.22. The number of hydrogen-bond donors (Lipinski definition) is 1. The monoisotopic (exact) mass is 313 g/mol. The Hall–Kier alpha value is -1.66. The van der Waals surface area contributed by atoms with Crippen LogP contribution in [0, 0.1) is 15.5 Å². The van der Waals surface area contributed by atoms with Crippen molar-refractivity contribution in [2.45, 2.75) is 13.8 Å². The molecule has 7 heteroatoms. The highest BCUT2D eigenvalue weighted by atomic mass is 35.5. The van der Waals surface area contributed by atoms with Crippen molar-refractivity contribution in [2.75, 3.05) is 27.2 Å². The van der Waals surface area contributed by atoms with Gasteiger partial charge in [0.05, 0.1) is 4.92 Å². The summed E-state index contributed by atoms with van der Waals surface area (Å²) in [7, 11) is 3.90. The van der Waals surface area contributed by atoms with Gasteiger partial charge in [-0.15, -0.1) is 0 Å². The second-order valence-corrected chi connectivity index (χ2v) is 6.44. The highest BCUT2D eigenvalue weighted by molar-refractivity contribution is 6.31. The van der Waals surface area contributed by atoms with Crippen LogP contribution in [0.15, 0.2) is 18.2 Å². The molecule has 1 amide bonds. The molecule has 0 saturated carbocycles. The predicted octanol–water partition coefficient (Wildman–Crippen LogP) is 2.57. The second-order valence-electron chi connectivity index (χ2n) is 6.00. The number of nitro benzene ring substituents is 1. The molecule has 0 heterocycles. The van der Waals surface area contributed by atoms with Crippen LogP contribution >= 0.6 is 11.6 Å². The van der Waals surface area contributed by atoms with Gasteiger partial charge in [-0.25, -0.2) is 0 Å². The van der Waals surface area contributed by atoms with E-state index in [9.17, 15) is 14.9 Å². The number of benzene rings is 1. The third kappa shape index (κ3) is 5.32. The number of carbonyl (C=O) groups is 1. The number of halogens is 1. The number of nitrogens with one attached hydrogen (secondary N) is 1. The van der Waals surface area contributed by atoms with Gasteiger partial charge in [0.2, 0.25) is 0 Å². The maximum atomic E-state index is 12.2. The minimum atomic E-state index is -0.587. The molecule has 1 rings (SSSR count). The molecule has 0 spiro atoms. The molecule has 1 N–H and O–H groups in total. The van der Waals surface area contributed by atoms with Gasteiger partial charge in [-0.1, -0.05) is 25.4 Å². The Balaban J connectivity index is 2.85. The van der Waals surface area contributed by atoms with Crippen molar-refractivity contribution < 1.29 is 9.72 Å². The van der Waals surface area contributed by atoms with Crippen molar-refractivity contribution in [2.24, 2.45) is 5.41 Å². The fourth-order valence-electron chi connectivity index (χ4n) is 2.18. The van der Waals surface area contributed by atoms with Crippen molar-refractivity contribution in [1.82, 2.24) is 10.2 Å². The van der Waals surface area contributed by atoms with Crippen LogP contribution in [0.25, 0.3) is 0 Å². The van der Waals surface area contributed by atoms with E-state index < -0.39 is 10.8 Å². The molecule has 0 fully saturated rings. The first-order valence-corrected chi connectivity index (χ1v) is 6.87. The normalized spacial score (nSPS) is 11.5. The summed E-state index contributed by atoms with van der Waals surface area (Å²) in [6, 6.07) is 3.95. The van der Waals surface area contributed by atoms with Crippen molar-refractivity contribution in [3.63, 3.8) is 0 Å². The van der Waals surface area contributed by atoms with E-state index in [-0.39, 0.29) is 16.7 Å². The predicted molar refractivity (Wildman–Crippen MR) is 82.8 cm³/mol. The Bertz CT molecular complexity index is 544. The van der Waals surface area contributed by atoms with Gasteiger partial charge in [0, 0.05) is 24.2 Å².